The summed E-state index contributed by atoms with van der Waals surface area (Å²) in [7, 11) is 0. The maximum absolute atomic E-state index is 12.4. The molecule has 7 nitrogen and oxygen atoms in total. The number of nitrogens with zero attached hydrogens (tertiary/aromatic N) is 2. The summed E-state index contributed by atoms with van der Waals surface area (Å²) in [6.45, 7) is 10.5. The quantitative estimate of drug-likeness (QED) is 0.0559. The van der Waals surface area contributed by atoms with E-state index >= 15 is 0 Å². The lowest BCUT2D eigenvalue weighted by atomic mass is 10.0. The highest BCUT2D eigenvalue weighted by Crippen LogP contribution is 2.17. The maximum Gasteiger partial charge on any atom is 0.305 e. The Labute approximate surface area is 285 Å². The Balaban J connectivity index is 2.20. The Morgan fingerprint density at radius 1 is 0.587 bits per heavy atom. The van der Waals surface area contributed by atoms with E-state index in [9.17, 15) is 9.59 Å². The summed E-state index contributed by atoms with van der Waals surface area (Å²) in [6.07, 6.45) is 31.3. The van der Waals surface area contributed by atoms with E-state index in [2.05, 4.69) is 23.6 Å². The minimum atomic E-state index is -0.0768. The normalized spacial score (nSPS) is 14.3. The monoisotopic (exact) mass is 652 g/mol. The van der Waals surface area contributed by atoms with Gasteiger partial charge in [-0.15, -0.1) is 0 Å². The van der Waals surface area contributed by atoms with Crippen LogP contribution < -0.4 is 5.73 Å². The molecular weight excluding hydrogens is 574 g/mol. The summed E-state index contributed by atoms with van der Waals surface area (Å²) in [5.74, 6) is -0.154. The number of rotatable bonds is 33. The van der Waals surface area contributed by atoms with Crippen LogP contribution in [0.5, 0.6) is 0 Å². The lowest BCUT2D eigenvalue weighted by molar-refractivity contribution is -0.145. The van der Waals surface area contributed by atoms with Crippen LogP contribution in [-0.4, -0.2) is 80.3 Å². The van der Waals surface area contributed by atoms with Crippen molar-refractivity contribution in [1.29, 1.82) is 0 Å². The fourth-order valence-electron chi connectivity index (χ4n) is 6.73. The molecule has 0 bridgehead atoms. The molecule has 272 valence electrons. The van der Waals surface area contributed by atoms with E-state index in [1.165, 1.54) is 116 Å². The lowest BCUT2D eigenvalue weighted by Gasteiger charge is -2.38. The van der Waals surface area contributed by atoms with Crippen LogP contribution in [0.15, 0.2) is 0 Å². The van der Waals surface area contributed by atoms with Crippen LogP contribution in [0.25, 0.3) is 0 Å². The molecule has 7 heteroatoms. The molecule has 0 spiro atoms. The van der Waals surface area contributed by atoms with Crippen LogP contribution in [0.3, 0.4) is 0 Å². The van der Waals surface area contributed by atoms with Gasteiger partial charge in [-0.1, -0.05) is 142 Å². The number of unbranched alkanes of at least 4 members (excludes halogenated alkanes) is 20. The molecule has 1 saturated heterocycles. The molecular formula is C39H77N3O4. The van der Waals surface area contributed by atoms with Crippen molar-refractivity contribution in [3.05, 3.63) is 0 Å². The average molecular weight is 652 g/mol. The minimum Gasteiger partial charge on any atom is -0.464 e. The van der Waals surface area contributed by atoms with Gasteiger partial charge in [0.1, 0.15) is 13.2 Å². The van der Waals surface area contributed by atoms with Gasteiger partial charge in [-0.25, -0.2) is 0 Å². The number of carbonyl (C=O) groups excluding carboxylic acids is 2. The predicted molar refractivity (Wildman–Crippen MR) is 194 cm³/mol. The van der Waals surface area contributed by atoms with Crippen molar-refractivity contribution < 1.29 is 19.1 Å². The second-order valence-electron chi connectivity index (χ2n) is 13.9. The first-order valence-electron chi connectivity index (χ1n) is 20.1. The number of ether oxygens (including phenoxy) is 2. The van der Waals surface area contributed by atoms with E-state index in [-0.39, 0.29) is 11.9 Å². The van der Waals surface area contributed by atoms with E-state index in [1.807, 2.05) is 0 Å². The molecule has 0 aromatic heterocycles. The highest BCUT2D eigenvalue weighted by molar-refractivity contribution is 5.69. The van der Waals surface area contributed by atoms with Crippen LogP contribution >= 0.6 is 0 Å². The zero-order valence-electron chi connectivity index (χ0n) is 30.7. The number of likely N-dealkylation sites (tertiary alicyclic amines) is 1. The largest absolute Gasteiger partial charge is 0.464 e. The number of carbonyl (C=O) groups is 2. The Hall–Kier alpha value is -1.18. The smallest absolute Gasteiger partial charge is 0.305 e. The molecule has 0 unspecified atom stereocenters. The summed E-state index contributed by atoms with van der Waals surface area (Å²) in [5.41, 5.74) is 5.77. The highest BCUT2D eigenvalue weighted by Gasteiger charge is 2.24. The highest BCUT2D eigenvalue weighted by atomic mass is 16.5. The Morgan fingerprint density at radius 2 is 0.935 bits per heavy atom. The third-order valence-corrected chi connectivity index (χ3v) is 9.77. The predicted octanol–water partition coefficient (Wildman–Crippen LogP) is 9.20. The molecule has 1 rings (SSSR count). The molecule has 1 aliphatic heterocycles. The molecule has 0 amide bonds. The van der Waals surface area contributed by atoms with E-state index in [4.69, 9.17) is 15.2 Å². The van der Waals surface area contributed by atoms with Gasteiger partial charge in [-0.3, -0.25) is 14.5 Å². The number of esters is 2. The molecule has 46 heavy (non-hydrogen) atoms. The van der Waals surface area contributed by atoms with Crippen molar-refractivity contribution in [2.24, 2.45) is 5.73 Å². The van der Waals surface area contributed by atoms with Gasteiger partial charge in [-0.05, 0) is 38.8 Å². The summed E-state index contributed by atoms with van der Waals surface area (Å²) in [4.78, 5) is 29.6. The lowest BCUT2D eigenvalue weighted by Crippen LogP contribution is -2.48. The van der Waals surface area contributed by atoms with Gasteiger partial charge in [0.2, 0.25) is 0 Å². The molecule has 0 saturated carbocycles. The topological polar surface area (TPSA) is 85.1 Å². The van der Waals surface area contributed by atoms with Gasteiger partial charge < -0.3 is 20.1 Å². The first kappa shape index (κ1) is 42.8. The molecule has 1 fully saturated rings. The fraction of sp³-hybridized carbons (Fsp3) is 0.949. The van der Waals surface area contributed by atoms with E-state index in [0.717, 1.165) is 58.2 Å². The number of piperidine rings is 1. The second kappa shape index (κ2) is 32.4. The van der Waals surface area contributed by atoms with Crippen molar-refractivity contribution in [3.63, 3.8) is 0 Å². The molecule has 1 aliphatic rings. The summed E-state index contributed by atoms with van der Waals surface area (Å²) in [6, 6.07) is 0.421. The van der Waals surface area contributed by atoms with Crippen molar-refractivity contribution in [2.45, 2.75) is 187 Å². The summed E-state index contributed by atoms with van der Waals surface area (Å²) >= 11 is 0. The van der Waals surface area contributed by atoms with Crippen molar-refractivity contribution >= 4 is 11.9 Å². The third-order valence-electron chi connectivity index (χ3n) is 9.77. The Kier molecular flexibility index (Phi) is 30.1. The van der Waals surface area contributed by atoms with Crippen molar-refractivity contribution in [1.82, 2.24) is 9.80 Å². The van der Waals surface area contributed by atoms with Crippen molar-refractivity contribution in [2.75, 3.05) is 52.5 Å². The van der Waals surface area contributed by atoms with Gasteiger partial charge in [-0.2, -0.15) is 0 Å². The zero-order valence-corrected chi connectivity index (χ0v) is 30.7. The fourth-order valence-corrected chi connectivity index (χ4v) is 6.73. The van der Waals surface area contributed by atoms with Crippen molar-refractivity contribution in [3.8, 4) is 0 Å². The molecule has 2 N–H and O–H groups in total. The van der Waals surface area contributed by atoms with Crippen LogP contribution in [-0.2, 0) is 19.1 Å². The first-order chi connectivity index (χ1) is 22.6. The zero-order chi connectivity index (χ0) is 33.3. The Morgan fingerprint density at radius 3 is 1.28 bits per heavy atom. The van der Waals surface area contributed by atoms with Crippen LogP contribution in [0.1, 0.15) is 181 Å². The molecule has 0 atom stereocenters. The average Bonchev–Trinajstić information content (AvgIpc) is 3.06. The first-order valence-corrected chi connectivity index (χ1v) is 20.1. The van der Waals surface area contributed by atoms with Crippen LogP contribution in [0.4, 0.5) is 0 Å². The minimum absolute atomic E-state index is 0.0768. The third kappa shape index (κ3) is 25.9. The molecule has 0 aromatic carbocycles. The van der Waals surface area contributed by atoms with Gasteiger partial charge >= 0.3 is 11.9 Å². The molecule has 0 aliphatic carbocycles. The second-order valence-corrected chi connectivity index (χ2v) is 13.9. The number of hydrogen-bond acceptors (Lipinski definition) is 7. The van der Waals surface area contributed by atoms with Gasteiger partial charge in [0.05, 0.1) is 0 Å². The number of hydrogen-bond donors (Lipinski definition) is 1. The summed E-state index contributed by atoms with van der Waals surface area (Å²) in [5, 5.41) is 0. The van der Waals surface area contributed by atoms with E-state index in [1.54, 1.807) is 0 Å². The molecule has 0 radical (unpaired) electrons. The Bertz CT molecular complexity index is 640. The van der Waals surface area contributed by atoms with E-state index in [0.29, 0.717) is 51.7 Å². The van der Waals surface area contributed by atoms with Crippen LogP contribution in [0, 0.1) is 0 Å². The SMILES string of the molecule is CCCCCCCCCCCCCC(=O)OCCN(CCOC(=O)CCCCCCCCCCCCC)C1CCN(CCN)CC1. The maximum atomic E-state index is 12.4. The molecule has 0 aromatic rings. The standard InChI is InChI=1S/C39H77N3O4/c1-3-5-7-9-11-13-15-17-19-21-23-25-38(43)45-35-33-42(37-27-30-41(31-28-37)32-29-40)34-36-46-39(44)26-24-22-20-18-16-14-12-10-8-6-4-2/h37H,3-36,40H2,1-2H3. The van der Waals surface area contributed by atoms with Gasteiger partial charge in [0.15, 0.2) is 0 Å². The van der Waals surface area contributed by atoms with Crippen LogP contribution in [0.2, 0.25) is 0 Å². The van der Waals surface area contributed by atoms with Gasteiger partial charge in [0, 0.05) is 45.1 Å². The summed E-state index contributed by atoms with van der Waals surface area (Å²) < 4.78 is 11.3. The molecule has 1 heterocycles. The van der Waals surface area contributed by atoms with Gasteiger partial charge in [0.25, 0.3) is 0 Å². The van der Waals surface area contributed by atoms with E-state index < -0.39 is 0 Å². The number of nitrogens with two attached hydrogens (primary N) is 1.